The van der Waals surface area contributed by atoms with Gasteiger partial charge in [-0.25, -0.2) is 4.79 Å². The summed E-state index contributed by atoms with van der Waals surface area (Å²) >= 11 is 4.01. The number of nitrogens with one attached hydrogen (secondary N) is 7. The highest BCUT2D eigenvalue weighted by atomic mass is 32.1. The summed E-state index contributed by atoms with van der Waals surface area (Å²) in [7, 11) is 0. The van der Waals surface area contributed by atoms with Gasteiger partial charge in [0.1, 0.15) is 24.2 Å². The minimum atomic E-state index is -1.59. The number of rotatable bonds is 23. The van der Waals surface area contributed by atoms with Gasteiger partial charge in [-0.2, -0.15) is 12.6 Å². The van der Waals surface area contributed by atoms with E-state index >= 15 is 0 Å². The fourth-order valence-electron chi connectivity index (χ4n) is 3.73. The van der Waals surface area contributed by atoms with Gasteiger partial charge in [-0.3, -0.25) is 43.2 Å². The third-order valence-electron chi connectivity index (χ3n) is 6.30. The fraction of sp³-hybridized carbons (Fsp3) is 0.630. The molecule has 0 heterocycles. The van der Waals surface area contributed by atoms with Gasteiger partial charge < -0.3 is 59.5 Å². The van der Waals surface area contributed by atoms with Gasteiger partial charge in [-0.1, -0.05) is 13.8 Å². The van der Waals surface area contributed by atoms with Gasteiger partial charge in [0.2, 0.25) is 53.2 Å². The van der Waals surface area contributed by atoms with Crippen molar-refractivity contribution in [3.63, 3.8) is 0 Å². The monoisotopic (exact) mass is 718 g/mol. The third-order valence-corrected chi connectivity index (χ3v) is 6.66. The first kappa shape index (κ1) is 44.0. The molecule has 0 saturated heterocycles. The van der Waals surface area contributed by atoms with Crippen LogP contribution in [0.2, 0.25) is 0 Å². The summed E-state index contributed by atoms with van der Waals surface area (Å²) in [6.07, 6.45) is -0.707. The molecule has 0 saturated carbocycles. The quantitative estimate of drug-likeness (QED) is 0.0439. The minimum absolute atomic E-state index is 0.0424. The second-order valence-corrected chi connectivity index (χ2v) is 11.5. The number of carbonyl (C=O) groups excluding carboxylic acids is 9. The number of carboxylic acid groups (broad SMARTS) is 1. The van der Waals surface area contributed by atoms with Crippen molar-refractivity contribution in [1.29, 1.82) is 0 Å². The van der Waals surface area contributed by atoms with Crippen LogP contribution in [0, 0.1) is 5.92 Å². The Morgan fingerprint density at radius 2 is 1.14 bits per heavy atom. The molecule has 0 aromatic rings. The highest BCUT2D eigenvalue weighted by Crippen LogP contribution is 2.05. The van der Waals surface area contributed by atoms with Crippen LogP contribution in [0.3, 0.4) is 0 Å². The number of hydrogen-bond acceptors (Lipinski definition) is 12. The van der Waals surface area contributed by atoms with Gasteiger partial charge >= 0.3 is 5.97 Å². The normalized spacial score (nSPS) is 13.7. The summed E-state index contributed by atoms with van der Waals surface area (Å²) in [5.41, 5.74) is 15.6. The van der Waals surface area contributed by atoms with E-state index < -0.39 is 115 Å². The number of aliphatic carboxylic acids is 1. The minimum Gasteiger partial charge on any atom is -0.480 e. The molecule has 0 fully saturated rings. The molecule has 5 atom stereocenters. The van der Waals surface area contributed by atoms with Crippen LogP contribution in [0.1, 0.15) is 46.5 Å². The Balaban J connectivity index is 4.92. The van der Waals surface area contributed by atoms with Crippen molar-refractivity contribution in [3.8, 4) is 0 Å². The smallest absolute Gasteiger partial charge is 0.326 e. The van der Waals surface area contributed by atoms with Crippen molar-refractivity contribution in [1.82, 2.24) is 37.2 Å². The van der Waals surface area contributed by atoms with E-state index in [0.29, 0.717) is 0 Å². The van der Waals surface area contributed by atoms with Crippen molar-refractivity contribution in [3.05, 3.63) is 0 Å². The number of amides is 9. The summed E-state index contributed by atoms with van der Waals surface area (Å²) in [6, 6.07) is -6.19. The molecule has 0 aliphatic rings. The van der Waals surface area contributed by atoms with E-state index in [1.54, 1.807) is 13.8 Å². The van der Waals surface area contributed by atoms with Crippen molar-refractivity contribution in [2.24, 2.45) is 23.1 Å². The first-order valence-electron chi connectivity index (χ1n) is 14.9. The lowest BCUT2D eigenvalue weighted by Crippen LogP contribution is -2.56. The van der Waals surface area contributed by atoms with Gasteiger partial charge in [0.15, 0.2) is 0 Å². The molecule has 0 radical (unpaired) electrons. The maximum Gasteiger partial charge on any atom is 0.326 e. The Morgan fingerprint density at radius 1 is 0.633 bits per heavy atom. The Labute approximate surface area is 287 Å². The molecule has 0 aromatic carbocycles. The molecule has 0 rings (SSSR count). The van der Waals surface area contributed by atoms with Gasteiger partial charge in [-0.15, -0.1) is 0 Å². The number of thiol groups is 1. The highest BCUT2D eigenvalue weighted by molar-refractivity contribution is 7.80. The van der Waals surface area contributed by atoms with Crippen molar-refractivity contribution in [2.45, 2.75) is 76.7 Å². The summed E-state index contributed by atoms with van der Waals surface area (Å²) in [6.45, 7) is 2.99. The molecule has 22 heteroatoms. The molecule has 0 aromatic heterocycles. The van der Waals surface area contributed by atoms with Crippen LogP contribution in [-0.4, -0.2) is 120 Å². The lowest BCUT2D eigenvalue weighted by atomic mass is 10.0. The summed E-state index contributed by atoms with van der Waals surface area (Å²) in [4.78, 5) is 120. The summed E-state index contributed by atoms with van der Waals surface area (Å²) < 4.78 is 0. The van der Waals surface area contributed by atoms with Gasteiger partial charge in [-0.05, 0) is 25.7 Å². The maximum atomic E-state index is 12.8. The topological polar surface area (TPSA) is 353 Å². The van der Waals surface area contributed by atoms with E-state index in [4.69, 9.17) is 22.3 Å². The SMILES string of the molecule is CC(C)C[C@H](NC(=O)[C@H](C)NC(=O)CNC(=O)[C@H](CS)NC(=O)[C@@H](N)CCC(N)=O)C(=O)NCC(=O)NCC(=O)N[C@@H](CC(N)=O)C(=O)O. The van der Waals surface area contributed by atoms with Crippen LogP contribution in [-0.2, 0) is 47.9 Å². The third kappa shape index (κ3) is 19.4. The van der Waals surface area contributed by atoms with Gasteiger partial charge in [0, 0.05) is 12.2 Å². The van der Waals surface area contributed by atoms with Crippen molar-refractivity contribution < 1.29 is 53.1 Å². The van der Waals surface area contributed by atoms with Gasteiger partial charge in [0.05, 0.1) is 32.1 Å². The average molecular weight is 719 g/mol. The largest absolute Gasteiger partial charge is 0.480 e. The number of carboxylic acids is 1. The molecule has 0 aliphatic carbocycles. The standard InChI is InChI=1S/C27H46N10O11S/c1-12(2)6-15(25(45)32-8-20(40)31-9-22(42)35-16(27(47)48)7-19(30)39)36-23(43)13(3)34-21(41)10-33-26(46)17(11-49)37-24(44)14(28)4-5-18(29)38/h12-17,49H,4-11,28H2,1-3H3,(H2,29,38)(H2,30,39)(H,31,40)(H,32,45)(H,33,46)(H,34,41)(H,35,42)(H,36,43)(H,37,44)(H,47,48)/t13-,14-,15-,16-,17-/m0/s1. The van der Waals surface area contributed by atoms with E-state index in [0.717, 1.165) is 0 Å². The Kier molecular flexibility index (Phi) is 20.3. The van der Waals surface area contributed by atoms with Crippen LogP contribution in [0.5, 0.6) is 0 Å². The summed E-state index contributed by atoms with van der Waals surface area (Å²) in [5, 5.41) is 25.0. The zero-order valence-electron chi connectivity index (χ0n) is 27.3. The zero-order chi connectivity index (χ0) is 37.8. The number of hydrogen-bond donors (Lipinski definition) is 12. The van der Waals surface area contributed by atoms with Crippen LogP contribution >= 0.6 is 12.6 Å². The van der Waals surface area contributed by atoms with Crippen LogP contribution in [0.15, 0.2) is 0 Å². The highest BCUT2D eigenvalue weighted by Gasteiger charge is 2.27. The Hall–Kier alpha value is -4.99. The molecule has 0 aliphatic heterocycles. The maximum absolute atomic E-state index is 12.8. The molecule has 0 unspecified atom stereocenters. The number of nitrogens with two attached hydrogens (primary N) is 3. The molecule has 0 bridgehead atoms. The second-order valence-electron chi connectivity index (χ2n) is 11.2. The van der Waals surface area contributed by atoms with E-state index in [9.17, 15) is 47.9 Å². The molecule has 276 valence electrons. The second kappa shape index (κ2) is 22.6. The van der Waals surface area contributed by atoms with E-state index in [-0.39, 0.29) is 30.9 Å². The Morgan fingerprint density at radius 3 is 1.65 bits per heavy atom. The first-order chi connectivity index (χ1) is 22.8. The lowest BCUT2D eigenvalue weighted by molar-refractivity contribution is -0.143. The zero-order valence-corrected chi connectivity index (χ0v) is 28.2. The molecule has 9 amide bonds. The average Bonchev–Trinajstić information content (AvgIpc) is 3.01. The molecular formula is C27H46N10O11S. The van der Waals surface area contributed by atoms with E-state index in [2.05, 4.69) is 44.5 Å². The molecule has 49 heavy (non-hydrogen) atoms. The number of carbonyl (C=O) groups is 10. The van der Waals surface area contributed by atoms with Crippen LogP contribution in [0.4, 0.5) is 0 Å². The van der Waals surface area contributed by atoms with Crippen molar-refractivity contribution >= 4 is 71.8 Å². The van der Waals surface area contributed by atoms with Crippen LogP contribution < -0.4 is 54.4 Å². The van der Waals surface area contributed by atoms with Crippen molar-refractivity contribution in [2.75, 3.05) is 25.4 Å². The lowest BCUT2D eigenvalue weighted by Gasteiger charge is -2.23. The first-order valence-corrected chi connectivity index (χ1v) is 15.6. The number of primary amides is 2. The van der Waals surface area contributed by atoms with E-state index in [1.807, 2.05) is 5.32 Å². The fourth-order valence-corrected chi connectivity index (χ4v) is 3.99. The van der Waals surface area contributed by atoms with E-state index in [1.165, 1.54) is 6.92 Å². The van der Waals surface area contributed by atoms with Gasteiger partial charge in [0.25, 0.3) is 0 Å². The molecule has 0 spiro atoms. The molecule has 14 N–H and O–H groups in total. The predicted molar refractivity (Wildman–Crippen MR) is 174 cm³/mol. The molecular weight excluding hydrogens is 672 g/mol. The molecule has 21 nitrogen and oxygen atoms in total. The van der Waals surface area contributed by atoms with Crippen LogP contribution in [0.25, 0.3) is 0 Å². The predicted octanol–water partition coefficient (Wildman–Crippen LogP) is -6.18. The summed E-state index contributed by atoms with van der Waals surface area (Å²) in [5.74, 6) is -8.95. The Bertz CT molecular complexity index is 1250.